The molecule has 144 valence electrons. The second-order valence-electron chi connectivity index (χ2n) is 5.79. The molecule has 0 aliphatic carbocycles. The third-order valence-corrected chi connectivity index (χ3v) is 4.12. The van der Waals surface area contributed by atoms with E-state index < -0.39 is 17.9 Å². The van der Waals surface area contributed by atoms with Gasteiger partial charge in [0.1, 0.15) is 18.4 Å². The van der Waals surface area contributed by atoms with Crippen LogP contribution in [0.25, 0.3) is 0 Å². The molecule has 0 unspecified atom stereocenters. The number of carbonyl (C=O) groups is 2. The van der Waals surface area contributed by atoms with Crippen molar-refractivity contribution in [2.24, 2.45) is 0 Å². The summed E-state index contributed by atoms with van der Waals surface area (Å²) in [6.45, 7) is 0.150. The van der Waals surface area contributed by atoms with Crippen LogP contribution in [0.5, 0.6) is 5.75 Å². The summed E-state index contributed by atoms with van der Waals surface area (Å²) >= 11 is 6.11. The number of carbonyl (C=O) groups excluding carboxylic acids is 2. The Morgan fingerprint density at radius 2 is 1.81 bits per heavy atom. The summed E-state index contributed by atoms with van der Waals surface area (Å²) in [5, 5.41) is 3.06. The minimum absolute atomic E-state index is 0.161. The van der Waals surface area contributed by atoms with Crippen molar-refractivity contribution in [2.75, 3.05) is 20.8 Å². The van der Waals surface area contributed by atoms with Gasteiger partial charge in [0.2, 0.25) is 5.91 Å². The Bertz CT molecular complexity index is 766. The minimum Gasteiger partial charge on any atom is -0.495 e. The highest BCUT2D eigenvalue weighted by molar-refractivity contribution is 6.32. The van der Waals surface area contributed by atoms with Crippen molar-refractivity contribution in [3.8, 4) is 5.75 Å². The molecule has 2 aromatic rings. The van der Waals surface area contributed by atoms with Crippen LogP contribution in [0.1, 0.15) is 11.1 Å². The number of rotatable bonds is 9. The first-order chi connectivity index (χ1) is 13.0. The van der Waals surface area contributed by atoms with E-state index in [9.17, 15) is 9.59 Å². The largest absolute Gasteiger partial charge is 0.495 e. The Balaban J connectivity index is 1.92. The van der Waals surface area contributed by atoms with Crippen LogP contribution in [0.4, 0.5) is 0 Å². The van der Waals surface area contributed by atoms with Gasteiger partial charge < -0.3 is 19.5 Å². The van der Waals surface area contributed by atoms with Gasteiger partial charge in [-0.1, -0.05) is 48.0 Å². The van der Waals surface area contributed by atoms with E-state index in [0.717, 1.165) is 11.1 Å². The van der Waals surface area contributed by atoms with E-state index in [1.807, 2.05) is 30.3 Å². The summed E-state index contributed by atoms with van der Waals surface area (Å²) in [4.78, 5) is 24.2. The molecule has 7 heteroatoms. The zero-order valence-corrected chi connectivity index (χ0v) is 16.0. The quantitative estimate of drug-likeness (QED) is 0.665. The van der Waals surface area contributed by atoms with Crippen molar-refractivity contribution in [1.29, 1.82) is 0 Å². The number of hydrogen-bond donors (Lipinski definition) is 1. The van der Waals surface area contributed by atoms with Crippen molar-refractivity contribution in [3.63, 3.8) is 0 Å². The number of amides is 1. The van der Waals surface area contributed by atoms with Gasteiger partial charge >= 0.3 is 5.97 Å². The van der Waals surface area contributed by atoms with Crippen molar-refractivity contribution >= 4 is 23.5 Å². The summed E-state index contributed by atoms with van der Waals surface area (Å²) in [6, 6.07) is 13.8. The number of ether oxygens (including phenoxy) is 3. The van der Waals surface area contributed by atoms with Gasteiger partial charge in [-0.25, -0.2) is 4.79 Å². The van der Waals surface area contributed by atoms with Crippen LogP contribution in [0, 0.1) is 0 Å². The van der Waals surface area contributed by atoms with Crippen molar-refractivity contribution < 1.29 is 23.8 Å². The first kappa shape index (κ1) is 20.7. The predicted octanol–water partition coefficient (Wildman–Crippen LogP) is 2.77. The van der Waals surface area contributed by atoms with Crippen molar-refractivity contribution in [2.45, 2.75) is 19.1 Å². The van der Waals surface area contributed by atoms with Gasteiger partial charge in [-0.3, -0.25) is 4.79 Å². The van der Waals surface area contributed by atoms with Crippen LogP contribution >= 0.6 is 11.6 Å². The van der Waals surface area contributed by atoms with Crippen LogP contribution < -0.4 is 10.1 Å². The average Bonchev–Trinajstić information content (AvgIpc) is 2.68. The Labute approximate surface area is 163 Å². The number of methoxy groups -OCH3 is 2. The first-order valence-corrected chi connectivity index (χ1v) is 8.72. The number of hydrogen-bond acceptors (Lipinski definition) is 5. The topological polar surface area (TPSA) is 73.9 Å². The number of halogens is 1. The fourth-order valence-corrected chi connectivity index (χ4v) is 2.76. The monoisotopic (exact) mass is 391 g/mol. The summed E-state index contributed by atoms with van der Waals surface area (Å²) in [7, 11) is 2.79. The summed E-state index contributed by atoms with van der Waals surface area (Å²) < 4.78 is 15.3. The van der Waals surface area contributed by atoms with Crippen LogP contribution in [0.15, 0.2) is 48.5 Å². The lowest BCUT2D eigenvalue weighted by Gasteiger charge is -2.17. The van der Waals surface area contributed by atoms with Crippen molar-refractivity contribution in [3.05, 3.63) is 64.7 Å². The van der Waals surface area contributed by atoms with Crippen LogP contribution in [-0.2, 0) is 32.1 Å². The molecule has 0 bridgehead atoms. The second kappa shape index (κ2) is 10.5. The molecule has 0 saturated heterocycles. The lowest BCUT2D eigenvalue weighted by Crippen LogP contribution is -2.44. The molecule has 0 saturated carbocycles. The fraction of sp³-hybridized carbons (Fsp3) is 0.300. The fourth-order valence-electron chi connectivity index (χ4n) is 2.48. The smallest absolute Gasteiger partial charge is 0.328 e. The van der Waals surface area contributed by atoms with E-state index in [4.69, 9.17) is 25.8 Å². The maximum absolute atomic E-state index is 12.1. The zero-order chi connectivity index (χ0) is 19.6. The van der Waals surface area contributed by atoms with Gasteiger partial charge in [-0.2, -0.15) is 0 Å². The lowest BCUT2D eigenvalue weighted by molar-refractivity contribution is -0.145. The molecule has 0 heterocycles. The SMILES string of the molecule is COC(=O)[C@H](Cc1ccc(OC)c(Cl)c1)NC(=O)COCc1ccccc1. The van der Waals surface area contributed by atoms with E-state index in [1.54, 1.807) is 18.2 Å². The molecule has 0 fully saturated rings. The molecule has 27 heavy (non-hydrogen) atoms. The summed E-state index contributed by atoms with van der Waals surface area (Å²) in [5.74, 6) is -0.410. The van der Waals surface area contributed by atoms with E-state index in [0.29, 0.717) is 17.4 Å². The molecular weight excluding hydrogens is 370 g/mol. The van der Waals surface area contributed by atoms with Gasteiger partial charge in [-0.15, -0.1) is 0 Å². The number of nitrogens with one attached hydrogen (secondary N) is 1. The van der Waals surface area contributed by atoms with Crippen LogP contribution in [-0.4, -0.2) is 38.7 Å². The van der Waals surface area contributed by atoms with E-state index in [-0.39, 0.29) is 13.0 Å². The Morgan fingerprint density at radius 3 is 2.44 bits per heavy atom. The van der Waals surface area contributed by atoms with Crippen LogP contribution in [0.3, 0.4) is 0 Å². The van der Waals surface area contributed by atoms with E-state index in [2.05, 4.69) is 5.32 Å². The van der Waals surface area contributed by atoms with Gasteiger partial charge in [0.05, 0.1) is 25.8 Å². The Morgan fingerprint density at radius 1 is 1.07 bits per heavy atom. The molecule has 1 atom stereocenters. The number of esters is 1. The first-order valence-electron chi connectivity index (χ1n) is 8.34. The molecule has 1 N–H and O–H groups in total. The molecule has 6 nitrogen and oxygen atoms in total. The molecule has 2 aromatic carbocycles. The van der Waals surface area contributed by atoms with Gasteiger partial charge in [0.25, 0.3) is 0 Å². The Hall–Kier alpha value is -2.57. The highest BCUT2D eigenvalue weighted by Gasteiger charge is 2.22. The highest BCUT2D eigenvalue weighted by atomic mass is 35.5. The Kier molecular flexibility index (Phi) is 8.10. The minimum atomic E-state index is -0.840. The molecule has 2 rings (SSSR count). The third-order valence-electron chi connectivity index (χ3n) is 3.82. The predicted molar refractivity (Wildman–Crippen MR) is 102 cm³/mol. The summed E-state index contributed by atoms with van der Waals surface area (Å²) in [5.41, 5.74) is 1.73. The molecule has 0 aliphatic rings. The molecule has 0 spiro atoms. The van der Waals surface area contributed by atoms with Gasteiger partial charge in [0, 0.05) is 6.42 Å². The van der Waals surface area contributed by atoms with Crippen LogP contribution in [0.2, 0.25) is 5.02 Å². The summed E-state index contributed by atoms with van der Waals surface area (Å²) in [6.07, 6.45) is 0.237. The normalized spacial score (nSPS) is 11.5. The maximum Gasteiger partial charge on any atom is 0.328 e. The van der Waals surface area contributed by atoms with Gasteiger partial charge in [-0.05, 0) is 23.3 Å². The lowest BCUT2D eigenvalue weighted by atomic mass is 10.1. The molecule has 0 aromatic heterocycles. The molecule has 1 amide bonds. The average molecular weight is 392 g/mol. The zero-order valence-electron chi connectivity index (χ0n) is 15.2. The highest BCUT2D eigenvalue weighted by Crippen LogP contribution is 2.25. The van der Waals surface area contributed by atoms with E-state index >= 15 is 0 Å². The second-order valence-corrected chi connectivity index (χ2v) is 6.20. The van der Waals surface area contributed by atoms with Crippen molar-refractivity contribution in [1.82, 2.24) is 5.32 Å². The number of benzene rings is 2. The molecule has 0 aliphatic heterocycles. The molecule has 0 radical (unpaired) electrons. The third kappa shape index (κ3) is 6.58. The van der Waals surface area contributed by atoms with E-state index in [1.165, 1.54) is 14.2 Å². The van der Waals surface area contributed by atoms with Gasteiger partial charge in [0.15, 0.2) is 0 Å². The maximum atomic E-state index is 12.1. The standard InChI is InChI=1S/C20H22ClNO5/c1-25-18-9-8-15(10-16(18)21)11-17(20(24)26-2)22-19(23)13-27-12-14-6-4-3-5-7-14/h3-10,17H,11-13H2,1-2H3,(H,22,23)/t17-/m0/s1. The molecular formula is C20H22ClNO5.